The molecule has 200 valence electrons. The van der Waals surface area contributed by atoms with Crippen LogP contribution < -0.4 is 0 Å². The van der Waals surface area contributed by atoms with E-state index in [2.05, 4.69) is 163 Å². The first-order valence-electron chi connectivity index (χ1n) is 14.9. The van der Waals surface area contributed by atoms with Gasteiger partial charge in [-0.25, -0.2) is 0 Å². The Morgan fingerprint density at radius 2 is 0.791 bits per heavy atom. The molecule has 0 saturated carbocycles. The molecule has 43 heavy (non-hydrogen) atoms. The number of hydrogen-bond donors (Lipinski definition) is 1. The molecule has 0 aliphatic heterocycles. The lowest BCUT2D eigenvalue weighted by Crippen LogP contribution is -1.91. The van der Waals surface area contributed by atoms with E-state index >= 15 is 0 Å². The molecular weight excluding hydrogens is 518 g/mol. The molecule has 0 aliphatic carbocycles. The van der Waals surface area contributed by atoms with Crippen molar-refractivity contribution in [2.45, 2.75) is 0 Å². The van der Waals surface area contributed by atoms with Crippen LogP contribution in [0.5, 0.6) is 0 Å². The maximum atomic E-state index is 3.78. The van der Waals surface area contributed by atoms with Crippen molar-refractivity contribution in [1.29, 1.82) is 0 Å². The Kier molecular flexibility index (Phi) is 5.27. The first-order valence-corrected chi connectivity index (χ1v) is 14.9. The SMILES string of the molecule is c1ccc(-c2ccc(-c3c4ccccc4c(-c4ccc5c(c4)[nH]c4c6ccccc6ccc54)c4ccccc34)cc2)cc1. The summed E-state index contributed by atoms with van der Waals surface area (Å²) < 4.78 is 0. The number of H-pyrrole nitrogens is 1. The standard InChI is InChI=1S/C42H27N/c1-2-10-27(11-3-1)28-18-20-30(21-19-28)40-34-14-6-8-16-36(34)41(37-17-9-7-15-35(37)40)31-23-24-33-38-25-22-29-12-4-5-13-32(29)42(38)43-39(33)26-31/h1-26,43H. The van der Waals surface area contributed by atoms with Crippen LogP contribution in [-0.4, -0.2) is 4.98 Å². The minimum Gasteiger partial charge on any atom is -0.354 e. The smallest absolute Gasteiger partial charge is 0.0544 e. The Balaban J connectivity index is 1.28. The molecule has 9 aromatic rings. The number of nitrogens with one attached hydrogen (secondary N) is 1. The summed E-state index contributed by atoms with van der Waals surface area (Å²) in [5.74, 6) is 0. The molecule has 0 bridgehead atoms. The van der Waals surface area contributed by atoms with Gasteiger partial charge < -0.3 is 4.98 Å². The van der Waals surface area contributed by atoms with E-state index in [1.165, 1.54) is 82.0 Å². The second-order valence-electron chi connectivity index (χ2n) is 11.4. The zero-order valence-corrected chi connectivity index (χ0v) is 23.5. The van der Waals surface area contributed by atoms with Crippen molar-refractivity contribution >= 4 is 54.1 Å². The van der Waals surface area contributed by atoms with Gasteiger partial charge in [-0.05, 0) is 66.4 Å². The summed E-state index contributed by atoms with van der Waals surface area (Å²) in [6, 6.07) is 57.4. The van der Waals surface area contributed by atoms with Gasteiger partial charge in [0.05, 0.1) is 5.52 Å². The van der Waals surface area contributed by atoms with Gasteiger partial charge in [-0.3, -0.25) is 0 Å². The fourth-order valence-electron chi connectivity index (χ4n) is 7.01. The van der Waals surface area contributed by atoms with Crippen LogP contribution in [0.3, 0.4) is 0 Å². The highest BCUT2D eigenvalue weighted by Gasteiger charge is 2.17. The normalized spacial score (nSPS) is 11.7. The lowest BCUT2D eigenvalue weighted by atomic mass is 9.85. The number of rotatable bonds is 3. The van der Waals surface area contributed by atoms with Crippen LogP contribution >= 0.6 is 0 Å². The predicted molar refractivity (Wildman–Crippen MR) is 185 cm³/mol. The molecule has 1 heterocycles. The van der Waals surface area contributed by atoms with Gasteiger partial charge >= 0.3 is 0 Å². The van der Waals surface area contributed by atoms with Gasteiger partial charge in [0.1, 0.15) is 0 Å². The Labute approximate surface area is 249 Å². The van der Waals surface area contributed by atoms with Crippen LogP contribution in [0.2, 0.25) is 0 Å². The zero-order valence-electron chi connectivity index (χ0n) is 23.5. The first kappa shape index (κ1) is 24.0. The van der Waals surface area contributed by atoms with Crippen molar-refractivity contribution in [1.82, 2.24) is 4.98 Å². The third kappa shape index (κ3) is 3.72. The Morgan fingerprint density at radius 3 is 1.47 bits per heavy atom. The van der Waals surface area contributed by atoms with Crippen molar-refractivity contribution < 1.29 is 0 Å². The van der Waals surface area contributed by atoms with Crippen molar-refractivity contribution in [2.24, 2.45) is 0 Å². The van der Waals surface area contributed by atoms with E-state index in [0.717, 1.165) is 5.52 Å². The molecular formula is C42H27N. The molecule has 8 aromatic carbocycles. The van der Waals surface area contributed by atoms with Gasteiger partial charge in [0.15, 0.2) is 0 Å². The molecule has 0 unspecified atom stereocenters. The van der Waals surface area contributed by atoms with E-state index in [0.29, 0.717) is 0 Å². The number of benzene rings is 8. The summed E-state index contributed by atoms with van der Waals surface area (Å²) in [5.41, 5.74) is 9.85. The van der Waals surface area contributed by atoms with Crippen LogP contribution in [0.4, 0.5) is 0 Å². The monoisotopic (exact) mass is 545 g/mol. The molecule has 0 radical (unpaired) electrons. The van der Waals surface area contributed by atoms with Gasteiger partial charge in [0.25, 0.3) is 0 Å². The number of hydrogen-bond acceptors (Lipinski definition) is 0. The average molecular weight is 546 g/mol. The Hall–Kier alpha value is -5.66. The van der Waals surface area contributed by atoms with Gasteiger partial charge in [0.2, 0.25) is 0 Å². The summed E-state index contributed by atoms with van der Waals surface area (Å²) >= 11 is 0. The molecule has 0 atom stereocenters. The minimum atomic E-state index is 1.16. The summed E-state index contributed by atoms with van der Waals surface area (Å²) in [7, 11) is 0. The topological polar surface area (TPSA) is 15.8 Å². The summed E-state index contributed by atoms with van der Waals surface area (Å²) in [5, 5.41) is 10.1. The molecule has 0 spiro atoms. The van der Waals surface area contributed by atoms with E-state index < -0.39 is 0 Å². The van der Waals surface area contributed by atoms with Crippen molar-refractivity contribution in [3.63, 3.8) is 0 Å². The van der Waals surface area contributed by atoms with Gasteiger partial charge in [0, 0.05) is 21.7 Å². The van der Waals surface area contributed by atoms with Crippen molar-refractivity contribution in [2.75, 3.05) is 0 Å². The van der Waals surface area contributed by atoms with Gasteiger partial charge in [-0.1, -0.05) is 152 Å². The van der Waals surface area contributed by atoms with E-state index in [1.807, 2.05) is 0 Å². The predicted octanol–water partition coefficient (Wildman–Crippen LogP) is 11.8. The molecule has 0 aliphatic rings. The maximum absolute atomic E-state index is 3.78. The van der Waals surface area contributed by atoms with Crippen molar-refractivity contribution in [3.8, 4) is 33.4 Å². The summed E-state index contributed by atoms with van der Waals surface area (Å²) in [6.07, 6.45) is 0. The van der Waals surface area contributed by atoms with Gasteiger partial charge in [-0.15, -0.1) is 0 Å². The lowest BCUT2D eigenvalue weighted by molar-refractivity contribution is 1.56. The quantitative estimate of drug-likeness (QED) is 0.213. The highest BCUT2D eigenvalue weighted by atomic mass is 14.7. The van der Waals surface area contributed by atoms with E-state index in [4.69, 9.17) is 0 Å². The lowest BCUT2D eigenvalue weighted by Gasteiger charge is -2.18. The average Bonchev–Trinajstić information content (AvgIpc) is 3.46. The third-order valence-corrected chi connectivity index (χ3v) is 9.00. The fourth-order valence-corrected chi connectivity index (χ4v) is 7.01. The Morgan fingerprint density at radius 1 is 0.302 bits per heavy atom. The molecule has 1 N–H and O–H groups in total. The number of aromatic nitrogens is 1. The zero-order chi connectivity index (χ0) is 28.3. The van der Waals surface area contributed by atoms with Crippen LogP contribution in [0, 0.1) is 0 Å². The molecule has 1 nitrogen and oxygen atoms in total. The molecule has 0 amide bonds. The number of aromatic amines is 1. The van der Waals surface area contributed by atoms with Crippen LogP contribution in [0.25, 0.3) is 87.5 Å². The summed E-state index contributed by atoms with van der Waals surface area (Å²) in [6.45, 7) is 0. The van der Waals surface area contributed by atoms with Gasteiger partial charge in [-0.2, -0.15) is 0 Å². The highest BCUT2D eigenvalue weighted by Crippen LogP contribution is 2.44. The molecule has 1 heteroatoms. The molecule has 1 aromatic heterocycles. The highest BCUT2D eigenvalue weighted by molar-refractivity contribution is 6.23. The maximum Gasteiger partial charge on any atom is 0.0544 e. The van der Waals surface area contributed by atoms with Crippen molar-refractivity contribution in [3.05, 3.63) is 158 Å². The first-order chi connectivity index (χ1) is 21.3. The summed E-state index contributed by atoms with van der Waals surface area (Å²) in [4.78, 5) is 3.78. The minimum absolute atomic E-state index is 1.16. The largest absolute Gasteiger partial charge is 0.354 e. The van der Waals surface area contributed by atoms with Crippen LogP contribution in [0.1, 0.15) is 0 Å². The Bertz CT molecular complexity index is 2420. The van der Waals surface area contributed by atoms with E-state index in [1.54, 1.807) is 0 Å². The van der Waals surface area contributed by atoms with Crippen LogP contribution in [-0.2, 0) is 0 Å². The fraction of sp³-hybridized carbons (Fsp3) is 0. The van der Waals surface area contributed by atoms with E-state index in [9.17, 15) is 0 Å². The molecule has 0 saturated heterocycles. The second-order valence-corrected chi connectivity index (χ2v) is 11.4. The molecule has 9 rings (SSSR count). The van der Waals surface area contributed by atoms with Crippen LogP contribution in [0.15, 0.2) is 158 Å². The molecule has 0 fully saturated rings. The third-order valence-electron chi connectivity index (χ3n) is 9.00. The number of fused-ring (bicyclic) bond motifs is 7. The van der Waals surface area contributed by atoms with E-state index in [-0.39, 0.29) is 0 Å². The second kappa shape index (κ2) is 9.44.